The van der Waals surface area contributed by atoms with E-state index in [9.17, 15) is 14.0 Å². The summed E-state index contributed by atoms with van der Waals surface area (Å²) in [6, 6.07) is 9.54. The molecule has 6 nitrogen and oxygen atoms in total. The number of pyridine rings is 2. The van der Waals surface area contributed by atoms with Crippen molar-refractivity contribution in [3.8, 4) is 17.0 Å². The summed E-state index contributed by atoms with van der Waals surface area (Å²) in [7, 11) is 2.89. The van der Waals surface area contributed by atoms with Gasteiger partial charge in [-0.1, -0.05) is 23.7 Å². The molecule has 0 saturated heterocycles. The van der Waals surface area contributed by atoms with E-state index in [0.29, 0.717) is 27.3 Å². The topological polar surface area (TPSA) is 73.2 Å². The van der Waals surface area contributed by atoms with Gasteiger partial charge in [-0.15, -0.1) is 0 Å². The van der Waals surface area contributed by atoms with Gasteiger partial charge < -0.3 is 14.6 Å². The third kappa shape index (κ3) is 4.20. The summed E-state index contributed by atoms with van der Waals surface area (Å²) in [5.74, 6) is -1.12. The summed E-state index contributed by atoms with van der Waals surface area (Å²) in [5.41, 5.74) is 1.58. The quantitative estimate of drug-likeness (QED) is 0.712. The Labute approximate surface area is 165 Å². The maximum Gasteiger partial charge on any atom is 0.258 e. The van der Waals surface area contributed by atoms with Crippen LogP contribution in [0.25, 0.3) is 11.1 Å². The van der Waals surface area contributed by atoms with Gasteiger partial charge in [-0.2, -0.15) is 0 Å². The van der Waals surface area contributed by atoms with Crippen LogP contribution < -0.4 is 15.6 Å². The van der Waals surface area contributed by atoms with Crippen LogP contribution in [0.3, 0.4) is 0 Å². The molecule has 28 heavy (non-hydrogen) atoms. The number of nitrogens with one attached hydrogen (secondary N) is 1. The van der Waals surface area contributed by atoms with Crippen LogP contribution in [0.15, 0.2) is 53.6 Å². The molecule has 1 aromatic carbocycles. The van der Waals surface area contributed by atoms with E-state index in [2.05, 4.69) is 10.3 Å². The maximum atomic E-state index is 13.7. The minimum Gasteiger partial charge on any atom is -0.479 e. The molecule has 3 rings (SSSR count). The molecule has 0 radical (unpaired) electrons. The summed E-state index contributed by atoms with van der Waals surface area (Å²) in [5, 5.41) is 3.24. The SMILES string of the molecule is COc1ncc(CNC(=O)c2cc(-c3ccc(Cl)cc3)c(=O)n(C)c2)cc1F. The molecule has 2 heterocycles. The number of aryl methyl sites for hydroxylation is 1. The molecule has 0 aliphatic carbocycles. The molecule has 3 aromatic rings. The van der Waals surface area contributed by atoms with Gasteiger partial charge in [0, 0.05) is 36.6 Å². The van der Waals surface area contributed by atoms with E-state index in [0.717, 1.165) is 0 Å². The van der Waals surface area contributed by atoms with Crippen molar-refractivity contribution in [1.82, 2.24) is 14.9 Å². The summed E-state index contributed by atoms with van der Waals surface area (Å²) in [6.45, 7) is 0.0753. The third-order valence-corrected chi connectivity index (χ3v) is 4.36. The number of carbonyl (C=O) groups excluding carboxylic acids is 1. The first-order chi connectivity index (χ1) is 13.4. The van der Waals surface area contributed by atoms with E-state index in [4.69, 9.17) is 16.3 Å². The van der Waals surface area contributed by atoms with Crippen LogP contribution >= 0.6 is 11.6 Å². The van der Waals surface area contributed by atoms with Crippen LogP contribution in [0.1, 0.15) is 15.9 Å². The van der Waals surface area contributed by atoms with Crippen molar-refractivity contribution in [2.45, 2.75) is 6.54 Å². The van der Waals surface area contributed by atoms with E-state index in [1.54, 1.807) is 31.3 Å². The molecule has 0 unspecified atom stereocenters. The zero-order chi connectivity index (χ0) is 20.3. The molecule has 0 aliphatic heterocycles. The lowest BCUT2D eigenvalue weighted by Gasteiger charge is -2.10. The lowest BCUT2D eigenvalue weighted by molar-refractivity contribution is 0.0950. The number of nitrogens with zero attached hydrogens (tertiary/aromatic N) is 2. The molecule has 0 aliphatic rings. The van der Waals surface area contributed by atoms with Crippen LogP contribution in [-0.4, -0.2) is 22.6 Å². The second-order valence-corrected chi connectivity index (χ2v) is 6.52. The summed E-state index contributed by atoms with van der Waals surface area (Å²) in [6.07, 6.45) is 2.87. The van der Waals surface area contributed by atoms with Crippen molar-refractivity contribution < 1.29 is 13.9 Å². The molecule has 144 valence electrons. The summed E-state index contributed by atoms with van der Waals surface area (Å²) in [4.78, 5) is 28.8. The Morgan fingerprint density at radius 2 is 2.00 bits per heavy atom. The first-order valence-corrected chi connectivity index (χ1v) is 8.70. The Bertz CT molecular complexity index is 1080. The molecule has 0 saturated carbocycles. The number of hydrogen-bond donors (Lipinski definition) is 1. The first-order valence-electron chi connectivity index (χ1n) is 8.32. The minimum atomic E-state index is -0.610. The highest BCUT2D eigenvalue weighted by atomic mass is 35.5. The lowest BCUT2D eigenvalue weighted by Crippen LogP contribution is -2.26. The van der Waals surface area contributed by atoms with Gasteiger partial charge in [0.05, 0.1) is 12.7 Å². The number of halogens is 2. The highest BCUT2D eigenvalue weighted by molar-refractivity contribution is 6.30. The molecule has 1 N–H and O–H groups in total. The average molecular weight is 402 g/mol. The number of aromatic nitrogens is 2. The van der Waals surface area contributed by atoms with Crippen molar-refractivity contribution in [1.29, 1.82) is 0 Å². The first kappa shape index (κ1) is 19.6. The number of amides is 1. The van der Waals surface area contributed by atoms with Crippen molar-refractivity contribution in [3.63, 3.8) is 0 Å². The van der Waals surface area contributed by atoms with Crippen molar-refractivity contribution in [2.24, 2.45) is 7.05 Å². The average Bonchev–Trinajstić information content (AvgIpc) is 2.69. The Kier molecular flexibility index (Phi) is 5.75. The molecular weight excluding hydrogens is 385 g/mol. The van der Waals surface area contributed by atoms with Crippen molar-refractivity contribution in [3.05, 3.63) is 81.1 Å². The van der Waals surface area contributed by atoms with Gasteiger partial charge in [0.25, 0.3) is 11.5 Å². The molecule has 0 bridgehead atoms. The molecule has 0 atom stereocenters. The summed E-state index contributed by atoms with van der Waals surface area (Å²) < 4.78 is 19.8. The molecule has 1 amide bonds. The van der Waals surface area contributed by atoms with Crippen LogP contribution in [0, 0.1) is 5.82 Å². The summed E-state index contributed by atoms with van der Waals surface area (Å²) >= 11 is 5.89. The second kappa shape index (κ2) is 8.22. The molecule has 0 spiro atoms. The fraction of sp³-hybridized carbons (Fsp3) is 0.150. The number of methoxy groups -OCH3 is 1. The second-order valence-electron chi connectivity index (χ2n) is 6.08. The normalized spacial score (nSPS) is 10.6. The molecular formula is C20H17ClFN3O3. The highest BCUT2D eigenvalue weighted by Gasteiger charge is 2.13. The fourth-order valence-corrected chi connectivity index (χ4v) is 2.79. The molecule has 2 aromatic heterocycles. The minimum absolute atomic E-state index is 0.0753. The Morgan fingerprint density at radius 1 is 1.29 bits per heavy atom. The van der Waals surface area contributed by atoms with Gasteiger partial charge in [-0.05, 0) is 35.4 Å². The maximum absolute atomic E-state index is 13.7. The number of rotatable bonds is 5. The van der Waals surface area contributed by atoms with E-state index in [1.807, 2.05) is 0 Å². The van der Waals surface area contributed by atoms with Crippen LogP contribution in [-0.2, 0) is 13.6 Å². The Morgan fingerprint density at radius 3 is 2.64 bits per heavy atom. The van der Waals surface area contributed by atoms with Gasteiger partial charge in [-0.25, -0.2) is 9.37 Å². The van der Waals surface area contributed by atoms with Gasteiger partial charge >= 0.3 is 0 Å². The zero-order valence-corrected chi connectivity index (χ0v) is 16.0. The monoisotopic (exact) mass is 401 g/mol. The lowest BCUT2D eigenvalue weighted by atomic mass is 10.1. The fourth-order valence-electron chi connectivity index (χ4n) is 2.67. The third-order valence-electron chi connectivity index (χ3n) is 4.11. The molecule has 0 fully saturated rings. The predicted molar refractivity (Wildman–Crippen MR) is 104 cm³/mol. The number of ether oxygens (including phenoxy) is 1. The zero-order valence-electron chi connectivity index (χ0n) is 15.2. The standard InChI is InChI=1S/C20H17ClFN3O3/c1-25-11-14(8-16(20(25)27)13-3-5-15(21)6-4-13)18(26)23-9-12-7-17(22)19(28-2)24-10-12/h3-8,10-11H,9H2,1-2H3,(H,23,26). The number of hydrogen-bond acceptors (Lipinski definition) is 4. The number of carbonyl (C=O) groups is 1. The van der Waals surface area contributed by atoms with Crippen LogP contribution in [0.2, 0.25) is 5.02 Å². The van der Waals surface area contributed by atoms with Crippen LogP contribution in [0.4, 0.5) is 4.39 Å². The smallest absolute Gasteiger partial charge is 0.258 e. The van der Waals surface area contributed by atoms with Crippen LogP contribution in [0.5, 0.6) is 5.88 Å². The Hall–Kier alpha value is -3.19. The van der Waals surface area contributed by atoms with E-state index in [1.165, 1.54) is 36.2 Å². The Balaban J connectivity index is 1.83. The van der Waals surface area contributed by atoms with Gasteiger partial charge in [0.2, 0.25) is 5.88 Å². The predicted octanol–water partition coefficient (Wildman–Crippen LogP) is 3.18. The van der Waals surface area contributed by atoms with Crippen molar-refractivity contribution in [2.75, 3.05) is 7.11 Å². The van der Waals surface area contributed by atoms with E-state index in [-0.39, 0.29) is 18.0 Å². The molecule has 8 heteroatoms. The van der Waals surface area contributed by atoms with Gasteiger partial charge in [0.15, 0.2) is 5.82 Å². The largest absolute Gasteiger partial charge is 0.479 e. The van der Waals surface area contributed by atoms with E-state index < -0.39 is 11.7 Å². The van der Waals surface area contributed by atoms with Gasteiger partial charge in [0.1, 0.15) is 0 Å². The van der Waals surface area contributed by atoms with E-state index >= 15 is 0 Å². The van der Waals surface area contributed by atoms with Crippen molar-refractivity contribution >= 4 is 17.5 Å². The van der Waals surface area contributed by atoms with Gasteiger partial charge in [-0.3, -0.25) is 9.59 Å². The number of benzene rings is 1. The highest BCUT2D eigenvalue weighted by Crippen LogP contribution is 2.20.